The minimum atomic E-state index is -0.840. The number of nitrogen functional groups attached to an aromatic ring is 1. The molecular formula is C17H19N3O7S. The maximum atomic E-state index is 12.5. The van der Waals surface area contributed by atoms with Gasteiger partial charge in [-0.1, -0.05) is 0 Å². The van der Waals surface area contributed by atoms with Crippen LogP contribution in [0.15, 0.2) is 23.6 Å². The highest BCUT2D eigenvalue weighted by molar-refractivity contribution is 8.00. The molecule has 0 radical (unpaired) electrons. The zero-order valence-corrected chi connectivity index (χ0v) is 15.9. The van der Waals surface area contributed by atoms with Crippen LogP contribution in [0.2, 0.25) is 0 Å². The number of hydrogen-bond acceptors (Lipinski definition) is 9. The average Bonchev–Trinajstić information content (AvgIpc) is 2.67. The number of aromatic hydroxyl groups is 2. The number of thioether (sulfide) groups is 1. The summed E-state index contributed by atoms with van der Waals surface area (Å²) in [6.45, 7) is 0. The lowest BCUT2D eigenvalue weighted by Crippen LogP contribution is -2.70. The molecule has 2 amide bonds. The quantitative estimate of drug-likeness (QED) is 0.168. The number of nitrogens with zero attached hydrogens (tertiary/aromatic N) is 1. The molecule has 1 aromatic rings. The van der Waals surface area contributed by atoms with E-state index in [2.05, 4.69) is 5.32 Å². The number of amides is 2. The van der Waals surface area contributed by atoms with Gasteiger partial charge in [0.05, 0.1) is 32.1 Å². The fraction of sp³-hybridized carbons (Fsp3) is 0.353. The van der Waals surface area contributed by atoms with Gasteiger partial charge in [0.1, 0.15) is 28.7 Å². The van der Waals surface area contributed by atoms with Crippen molar-refractivity contribution in [2.75, 3.05) is 25.7 Å². The van der Waals surface area contributed by atoms with E-state index >= 15 is 0 Å². The monoisotopic (exact) mass is 409 g/mol. The number of anilines is 1. The zero-order valence-electron chi connectivity index (χ0n) is 15.1. The molecule has 1 fully saturated rings. The molecule has 0 bridgehead atoms. The van der Waals surface area contributed by atoms with Gasteiger partial charge in [-0.15, -0.1) is 11.8 Å². The third-order valence-corrected chi connectivity index (χ3v) is 5.68. The molecule has 2 aliphatic rings. The van der Waals surface area contributed by atoms with Crippen LogP contribution in [-0.4, -0.2) is 64.3 Å². The Kier molecular flexibility index (Phi) is 5.27. The summed E-state index contributed by atoms with van der Waals surface area (Å²) in [5.41, 5.74) is 5.66. The molecule has 1 saturated heterocycles. The lowest BCUT2D eigenvalue weighted by atomic mass is 10.0. The standard InChI is InChI=1S/C17H19N3O7S/c1-26-10-6-28-16-12(15(24)20(16)13(10)17(25)27-2)19-11(22)4-7-3-8(21)5-9(18)14(7)23/h3,5,12,16,21,23H,4,6,18H2,1-2H3,(H,19,22). The number of esters is 1. The Morgan fingerprint density at radius 1 is 1.36 bits per heavy atom. The first kappa shape index (κ1) is 19.7. The van der Waals surface area contributed by atoms with E-state index in [1.807, 2.05) is 0 Å². The van der Waals surface area contributed by atoms with E-state index in [4.69, 9.17) is 15.2 Å². The Morgan fingerprint density at radius 3 is 2.71 bits per heavy atom. The van der Waals surface area contributed by atoms with E-state index < -0.39 is 29.2 Å². The molecule has 2 unspecified atom stereocenters. The highest BCUT2D eigenvalue weighted by Gasteiger charge is 2.54. The fourth-order valence-corrected chi connectivity index (χ4v) is 4.38. The summed E-state index contributed by atoms with van der Waals surface area (Å²) in [7, 11) is 2.60. The number of hydrogen-bond donors (Lipinski definition) is 4. The van der Waals surface area contributed by atoms with E-state index in [0.717, 1.165) is 6.07 Å². The van der Waals surface area contributed by atoms with Gasteiger partial charge < -0.3 is 30.7 Å². The van der Waals surface area contributed by atoms with Gasteiger partial charge in [0.15, 0.2) is 5.70 Å². The van der Waals surface area contributed by atoms with Gasteiger partial charge >= 0.3 is 5.97 Å². The van der Waals surface area contributed by atoms with Crippen molar-refractivity contribution in [1.82, 2.24) is 10.2 Å². The van der Waals surface area contributed by atoms with Crippen LogP contribution in [-0.2, 0) is 30.3 Å². The number of carbonyl (C=O) groups is 3. The van der Waals surface area contributed by atoms with Gasteiger partial charge in [-0.2, -0.15) is 0 Å². The molecule has 28 heavy (non-hydrogen) atoms. The smallest absolute Gasteiger partial charge is 0.358 e. The number of phenolic OH excluding ortho intramolecular Hbond substituents is 2. The minimum absolute atomic E-state index is 0.0302. The summed E-state index contributed by atoms with van der Waals surface area (Å²) in [4.78, 5) is 38.2. The second-order valence-electron chi connectivity index (χ2n) is 6.14. The molecule has 11 heteroatoms. The van der Waals surface area contributed by atoms with Crippen LogP contribution in [0.5, 0.6) is 11.5 Å². The van der Waals surface area contributed by atoms with Crippen molar-refractivity contribution in [2.24, 2.45) is 0 Å². The second-order valence-corrected chi connectivity index (χ2v) is 7.25. The molecule has 0 spiro atoms. The molecule has 2 atom stereocenters. The number of benzene rings is 1. The van der Waals surface area contributed by atoms with Gasteiger partial charge in [0.2, 0.25) is 5.91 Å². The molecule has 0 aliphatic carbocycles. The summed E-state index contributed by atoms with van der Waals surface area (Å²) in [6.07, 6.45) is -0.283. The van der Waals surface area contributed by atoms with Gasteiger partial charge in [-0.3, -0.25) is 14.5 Å². The molecule has 10 nitrogen and oxygen atoms in total. The van der Waals surface area contributed by atoms with Crippen molar-refractivity contribution in [3.63, 3.8) is 0 Å². The second kappa shape index (κ2) is 7.50. The summed E-state index contributed by atoms with van der Waals surface area (Å²) in [5, 5.41) is 21.6. The maximum Gasteiger partial charge on any atom is 0.358 e. The average molecular weight is 409 g/mol. The number of β-lactam (4-membered cyclic amide) rings is 1. The van der Waals surface area contributed by atoms with Crippen LogP contribution in [0.1, 0.15) is 5.56 Å². The van der Waals surface area contributed by atoms with Crippen molar-refractivity contribution in [3.8, 4) is 11.5 Å². The lowest BCUT2D eigenvalue weighted by Gasteiger charge is -2.49. The number of rotatable bonds is 5. The first-order chi connectivity index (χ1) is 13.3. The van der Waals surface area contributed by atoms with Crippen LogP contribution < -0.4 is 11.1 Å². The molecule has 5 N–H and O–H groups in total. The Balaban J connectivity index is 1.73. The Hall–Kier alpha value is -3.08. The van der Waals surface area contributed by atoms with Gasteiger partial charge in [-0.25, -0.2) is 4.79 Å². The normalized spacial score (nSPS) is 20.9. The topological polar surface area (TPSA) is 151 Å². The van der Waals surface area contributed by atoms with Crippen molar-refractivity contribution in [3.05, 3.63) is 29.2 Å². The predicted molar refractivity (Wildman–Crippen MR) is 99.0 cm³/mol. The molecule has 1 aromatic carbocycles. The maximum absolute atomic E-state index is 12.5. The summed E-state index contributed by atoms with van der Waals surface area (Å²) in [5.74, 6) is -1.54. The van der Waals surface area contributed by atoms with E-state index in [-0.39, 0.29) is 34.9 Å². The first-order valence-corrected chi connectivity index (χ1v) is 9.23. The zero-order chi connectivity index (χ0) is 20.6. The molecule has 3 rings (SSSR count). The predicted octanol–water partition coefficient (Wildman–Crippen LogP) is -0.347. The fourth-order valence-electron chi connectivity index (χ4n) is 3.07. The third-order valence-electron chi connectivity index (χ3n) is 4.43. The Morgan fingerprint density at radius 2 is 2.07 bits per heavy atom. The van der Waals surface area contributed by atoms with Gasteiger partial charge in [-0.05, 0) is 6.07 Å². The highest BCUT2D eigenvalue weighted by atomic mass is 32.2. The molecule has 150 valence electrons. The van der Waals surface area contributed by atoms with Crippen LogP contribution in [0, 0.1) is 0 Å². The van der Waals surface area contributed by atoms with Crippen molar-refractivity contribution < 1.29 is 34.1 Å². The number of phenols is 2. The Bertz CT molecular complexity index is 886. The van der Waals surface area contributed by atoms with Gasteiger partial charge in [0, 0.05) is 11.6 Å². The number of carbonyl (C=O) groups excluding carboxylic acids is 3. The summed E-state index contributed by atoms with van der Waals surface area (Å²) < 4.78 is 9.90. The number of ether oxygens (including phenoxy) is 2. The van der Waals surface area contributed by atoms with Crippen LogP contribution in [0.4, 0.5) is 5.69 Å². The van der Waals surface area contributed by atoms with E-state index in [1.54, 1.807) is 0 Å². The molecular weight excluding hydrogens is 390 g/mol. The Labute approximate surface area is 164 Å². The largest absolute Gasteiger partial charge is 0.508 e. The van der Waals surface area contributed by atoms with Crippen LogP contribution in [0.3, 0.4) is 0 Å². The van der Waals surface area contributed by atoms with E-state index in [0.29, 0.717) is 11.5 Å². The van der Waals surface area contributed by atoms with Crippen LogP contribution >= 0.6 is 11.8 Å². The van der Waals surface area contributed by atoms with Crippen molar-refractivity contribution >= 4 is 35.2 Å². The molecule has 0 aromatic heterocycles. The third kappa shape index (κ3) is 3.28. The minimum Gasteiger partial charge on any atom is -0.508 e. The SMILES string of the molecule is COC(=O)C1=C(OC)CSC2C(NC(=O)Cc3cc(O)cc(N)c3O)C(=O)N12. The van der Waals surface area contributed by atoms with E-state index in [9.17, 15) is 24.6 Å². The number of methoxy groups -OCH3 is 2. The molecule has 2 aliphatic heterocycles. The van der Waals surface area contributed by atoms with Crippen molar-refractivity contribution in [2.45, 2.75) is 17.8 Å². The number of nitrogens with two attached hydrogens (primary N) is 1. The number of fused-ring (bicyclic) bond motifs is 1. The number of nitrogens with one attached hydrogen (secondary N) is 1. The summed E-state index contributed by atoms with van der Waals surface area (Å²) in [6, 6.07) is 1.54. The first-order valence-electron chi connectivity index (χ1n) is 8.18. The summed E-state index contributed by atoms with van der Waals surface area (Å²) >= 11 is 1.34. The van der Waals surface area contributed by atoms with Crippen LogP contribution in [0.25, 0.3) is 0 Å². The van der Waals surface area contributed by atoms with Gasteiger partial charge in [0.25, 0.3) is 5.91 Å². The molecule has 2 heterocycles. The van der Waals surface area contributed by atoms with Crippen molar-refractivity contribution in [1.29, 1.82) is 0 Å². The van der Waals surface area contributed by atoms with E-state index in [1.165, 1.54) is 36.9 Å². The lowest BCUT2D eigenvalue weighted by molar-refractivity contribution is -0.152. The molecule has 0 saturated carbocycles. The highest BCUT2D eigenvalue weighted by Crippen LogP contribution is 2.40.